The molecule has 1 aliphatic carbocycles. The van der Waals surface area contributed by atoms with E-state index in [9.17, 15) is 8.42 Å². The van der Waals surface area contributed by atoms with Gasteiger partial charge >= 0.3 is 0 Å². The van der Waals surface area contributed by atoms with Gasteiger partial charge in [0.05, 0.1) is 0 Å². The molecule has 1 aromatic heterocycles. The van der Waals surface area contributed by atoms with Gasteiger partial charge in [-0.25, -0.2) is 17.7 Å². The number of pyridine rings is 1. The topological polar surface area (TPSA) is 79.5 Å². The highest BCUT2D eigenvalue weighted by Crippen LogP contribution is 2.25. The fraction of sp³-hybridized carbons (Fsp3) is 0.643. The molecule has 1 saturated carbocycles. The molecule has 1 heterocycles. The summed E-state index contributed by atoms with van der Waals surface area (Å²) in [7, 11) is 1.62. The third-order valence-electron chi connectivity index (χ3n) is 4.15. The van der Waals surface area contributed by atoms with Gasteiger partial charge in [-0.2, -0.15) is 0 Å². The van der Waals surface area contributed by atoms with Crippen molar-refractivity contribution in [1.29, 1.82) is 0 Å². The van der Waals surface area contributed by atoms with Crippen LogP contribution in [0, 0.1) is 0 Å². The van der Waals surface area contributed by atoms with Gasteiger partial charge in [0.2, 0.25) is 10.0 Å². The average molecular weight is 312 g/mol. The third-order valence-corrected chi connectivity index (χ3v) is 5.95. The maximum atomic E-state index is 12.0. The van der Waals surface area contributed by atoms with E-state index < -0.39 is 10.0 Å². The van der Waals surface area contributed by atoms with Crippen molar-refractivity contribution in [3.8, 4) is 0 Å². The summed E-state index contributed by atoms with van der Waals surface area (Å²) in [5.74, 6) is 0.799. The molecule has 7 heteroatoms. The Balaban J connectivity index is 2.12. The minimum atomic E-state index is -3.42. The summed E-state index contributed by atoms with van der Waals surface area (Å²) in [5, 5.41) is 0. The Morgan fingerprint density at radius 3 is 2.24 bits per heavy atom. The molecule has 6 nitrogen and oxygen atoms in total. The fourth-order valence-corrected chi connectivity index (χ4v) is 3.47. The second-order valence-corrected chi connectivity index (χ2v) is 7.97. The Bertz CT molecular complexity index is 563. The lowest BCUT2D eigenvalue weighted by Gasteiger charge is -2.34. The minimum absolute atomic E-state index is 0.218. The average Bonchev–Trinajstić information content (AvgIpc) is 2.47. The lowest BCUT2D eigenvalue weighted by molar-refractivity contribution is 0.384. The van der Waals surface area contributed by atoms with Crippen molar-refractivity contribution >= 4 is 15.8 Å². The Morgan fingerprint density at radius 2 is 1.76 bits per heavy atom. The fourth-order valence-electron chi connectivity index (χ4n) is 2.62. The molecular weight excluding hydrogens is 288 g/mol. The third kappa shape index (κ3) is 3.53. The van der Waals surface area contributed by atoms with E-state index in [1.54, 1.807) is 12.1 Å². The van der Waals surface area contributed by atoms with Gasteiger partial charge in [-0.3, -0.25) is 0 Å². The molecule has 118 valence electrons. The quantitative estimate of drug-likeness (QED) is 0.898. The Morgan fingerprint density at radius 1 is 1.14 bits per heavy atom. The molecule has 2 N–H and O–H groups in total. The highest BCUT2D eigenvalue weighted by atomic mass is 32.2. The lowest BCUT2D eigenvalue weighted by atomic mass is 9.91. The number of sulfonamides is 1. The highest BCUT2D eigenvalue weighted by Gasteiger charge is 2.23. The molecule has 0 atom stereocenters. The molecule has 0 saturated heterocycles. The molecule has 1 aliphatic rings. The number of hydrogen-bond acceptors (Lipinski definition) is 5. The van der Waals surface area contributed by atoms with E-state index in [0.29, 0.717) is 12.1 Å². The number of hydrogen-bond donors (Lipinski definition) is 1. The molecule has 2 rings (SSSR count). The van der Waals surface area contributed by atoms with Crippen LogP contribution in [0.2, 0.25) is 0 Å². The van der Waals surface area contributed by atoms with Gasteiger partial charge in [0.1, 0.15) is 10.7 Å². The first-order chi connectivity index (χ1) is 9.82. The van der Waals surface area contributed by atoms with Crippen molar-refractivity contribution in [2.75, 3.05) is 26.0 Å². The summed E-state index contributed by atoms with van der Waals surface area (Å²) in [6, 6.07) is 4.12. The van der Waals surface area contributed by atoms with E-state index in [1.165, 1.54) is 24.6 Å². The van der Waals surface area contributed by atoms with Crippen LogP contribution in [-0.2, 0) is 10.0 Å². The SMILES string of the molecule is CN(c1ccc(S(=O)(=O)N(C)C)cn1)C1CCC(N)CC1. The molecule has 21 heavy (non-hydrogen) atoms. The van der Waals surface area contributed by atoms with Gasteiger partial charge < -0.3 is 10.6 Å². The molecule has 0 spiro atoms. The first-order valence-electron chi connectivity index (χ1n) is 7.19. The maximum absolute atomic E-state index is 12.0. The number of aromatic nitrogens is 1. The smallest absolute Gasteiger partial charge is 0.244 e. The Labute approximate surface area is 127 Å². The van der Waals surface area contributed by atoms with Gasteiger partial charge in [-0.05, 0) is 37.8 Å². The first-order valence-corrected chi connectivity index (χ1v) is 8.63. The van der Waals surface area contributed by atoms with E-state index in [0.717, 1.165) is 31.5 Å². The maximum Gasteiger partial charge on any atom is 0.244 e. The largest absolute Gasteiger partial charge is 0.357 e. The number of nitrogens with two attached hydrogens (primary N) is 1. The molecule has 1 fully saturated rings. The normalized spacial score (nSPS) is 23.3. The van der Waals surface area contributed by atoms with Crippen LogP contribution in [0.1, 0.15) is 25.7 Å². The molecule has 1 aromatic rings. The number of nitrogens with zero attached hydrogens (tertiary/aromatic N) is 3. The van der Waals surface area contributed by atoms with E-state index in [4.69, 9.17) is 5.73 Å². The monoisotopic (exact) mass is 312 g/mol. The van der Waals surface area contributed by atoms with Crippen LogP contribution in [0.25, 0.3) is 0 Å². The summed E-state index contributed by atoms with van der Waals surface area (Å²) in [6.07, 6.45) is 5.59. The van der Waals surface area contributed by atoms with Crippen LogP contribution in [0.4, 0.5) is 5.82 Å². The van der Waals surface area contributed by atoms with Crippen molar-refractivity contribution in [2.24, 2.45) is 5.73 Å². The second kappa shape index (κ2) is 6.29. The van der Waals surface area contributed by atoms with E-state index >= 15 is 0 Å². The van der Waals surface area contributed by atoms with Gasteiger partial charge in [0, 0.05) is 39.4 Å². The zero-order valence-electron chi connectivity index (χ0n) is 12.9. The summed E-state index contributed by atoms with van der Waals surface area (Å²) >= 11 is 0. The lowest BCUT2D eigenvalue weighted by Crippen LogP contribution is -2.39. The zero-order chi connectivity index (χ0) is 15.6. The Hall–Kier alpha value is -1.18. The number of rotatable bonds is 4. The van der Waals surface area contributed by atoms with Gasteiger partial charge in [-0.1, -0.05) is 0 Å². The standard InChI is InChI=1S/C14H24N4O2S/c1-17(2)21(19,20)13-8-9-14(16-10-13)18(3)12-6-4-11(15)5-7-12/h8-12H,4-7,15H2,1-3H3. The predicted octanol–water partition coefficient (Wildman–Crippen LogP) is 1.04. The molecule has 0 aliphatic heterocycles. The summed E-state index contributed by atoms with van der Waals surface area (Å²) in [6.45, 7) is 0. The van der Waals surface area contributed by atoms with Crippen LogP contribution < -0.4 is 10.6 Å². The minimum Gasteiger partial charge on any atom is -0.357 e. The molecule has 0 bridgehead atoms. The van der Waals surface area contributed by atoms with Crippen LogP contribution >= 0.6 is 0 Å². The highest BCUT2D eigenvalue weighted by molar-refractivity contribution is 7.89. The summed E-state index contributed by atoms with van der Waals surface area (Å²) in [5.41, 5.74) is 5.93. The van der Waals surface area contributed by atoms with Crippen molar-refractivity contribution < 1.29 is 8.42 Å². The van der Waals surface area contributed by atoms with Gasteiger partial charge in [-0.15, -0.1) is 0 Å². The molecular formula is C14H24N4O2S. The van der Waals surface area contributed by atoms with Crippen LogP contribution in [-0.4, -0.2) is 50.9 Å². The van der Waals surface area contributed by atoms with Crippen molar-refractivity contribution in [1.82, 2.24) is 9.29 Å². The van der Waals surface area contributed by atoms with Gasteiger partial charge in [0.15, 0.2) is 0 Å². The van der Waals surface area contributed by atoms with Crippen molar-refractivity contribution in [2.45, 2.75) is 42.7 Å². The molecule has 0 aromatic carbocycles. The van der Waals surface area contributed by atoms with Crippen LogP contribution in [0.15, 0.2) is 23.2 Å². The second-order valence-electron chi connectivity index (χ2n) is 5.82. The van der Waals surface area contributed by atoms with E-state index in [2.05, 4.69) is 9.88 Å². The molecule has 0 radical (unpaired) electrons. The Kier molecular flexibility index (Phi) is 4.85. The molecule has 0 amide bonds. The van der Waals surface area contributed by atoms with Crippen molar-refractivity contribution in [3.63, 3.8) is 0 Å². The predicted molar refractivity (Wildman–Crippen MR) is 83.7 cm³/mol. The number of anilines is 1. The summed E-state index contributed by atoms with van der Waals surface area (Å²) in [4.78, 5) is 6.65. The van der Waals surface area contributed by atoms with Crippen LogP contribution in [0.5, 0.6) is 0 Å². The zero-order valence-corrected chi connectivity index (χ0v) is 13.7. The summed E-state index contributed by atoms with van der Waals surface area (Å²) < 4.78 is 25.2. The van der Waals surface area contributed by atoms with Gasteiger partial charge in [0.25, 0.3) is 0 Å². The molecule has 0 unspecified atom stereocenters. The van der Waals surface area contributed by atoms with Crippen molar-refractivity contribution in [3.05, 3.63) is 18.3 Å². The van der Waals surface area contributed by atoms with E-state index in [-0.39, 0.29) is 4.90 Å². The first kappa shape index (κ1) is 16.2. The van der Waals surface area contributed by atoms with Crippen LogP contribution in [0.3, 0.4) is 0 Å². The van der Waals surface area contributed by atoms with E-state index in [1.807, 2.05) is 7.05 Å².